The monoisotopic (exact) mass is 410 g/mol. The molecule has 0 N–H and O–H groups in total. The van der Waals surface area contributed by atoms with Crippen molar-refractivity contribution in [3.63, 3.8) is 0 Å². The van der Waals surface area contributed by atoms with E-state index in [1.54, 1.807) is 7.11 Å². The molecular formula is C24H30N2O4. The van der Waals surface area contributed by atoms with Crippen LogP contribution in [0.4, 0.5) is 0 Å². The SMILES string of the molecule is CCN1CCC[C@H]1CN(Cc1ccc2c(c1)OCO2)C(=O)[C@H](OC)c1ccccc1. The van der Waals surface area contributed by atoms with E-state index < -0.39 is 6.10 Å². The summed E-state index contributed by atoms with van der Waals surface area (Å²) in [6.07, 6.45) is 1.68. The summed E-state index contributed by atoms with van der Waals surface area (Å²) in [7, 11) is 1.60. The van der Waals surface area contributed by atoms with Gasteiger partial charge in [0.25, 0.3) is 5.91 Å². The molecule has 4 rings (SSSR count). The summed E-state index contributed by atoms with van der Waals surface area (Å²) >= 11 is 0. The van der Waals surface area contributed by atoms with Crippen molar-refractivity contribution in [3.05, 3.63) is 59.7 Å². The van der Waals surface area contributed by atoms with Gasteiger partial charge in [-0.05, 0) is 49.2 Å². The van der Waals surface area contributed by atoms with Gasteiger partial charge in [0.15, 0.2) is 17.6 Å². The van der Waals surface area contributed by atoms with Gasteiger partial charge in [0.2, 0.25) is 6.79 Å². The topological polar surface area (TPSA) is 51.2 Å². The molecule has 6 nitrogen and oxygen atoms in total. The first kappa shape index (κ1) is 20.7. The molecule has 2 heterocycles. The number of nitrogens with zero attached hydrogens (tertiary/aromatic N) is 2. The average molecular weight is 411 g/mol. The number of hydrogen-bond acceptors (Lipinski definition) is 5. The molecule has 0 radical (unpaired) electrons. The summed E-state index contributed by atoms with van der Waals surface area (Å²) in [6.45, 7) is 5.73. The summed E-state index contributed by atoms with van der Waals surface area (Å²) in [5, 5.41) is 0. The van der Waals surface area contributed by atoms with E-state index in [4.69, 9.17) is 14.2 Å². The molecule has 30 heavy (non-hydrogen) atoms. The Morgan fingerprint density at radius 1 is 1.20 bits per heavy atom. The van der Waals surface area contributed by atoms with E-state index in [2.05, 4.69) is 11.8 Å². The maximum absolute atomic E-state index is 13.6. The lowest BCUT2D eigenvalue weighted by Crippen LogP contribution is -2.44. The van der Waals surface area contributed by atoms with Crippen molar-refractivity contribution in [1.29, 1.82) is 0 Å². The van der Waals surface area contributed by atoms with Gasteiger partial charge >= 0.3 is 0 Å². The molecule has 2 aromatic rings. The zero-order valence-electron chi connectivity index (χ0n) is 17.8. The normalized spacial score (nSPS) is 19.1. The minimum absolute atomic E-state index is 0.00989. The minimum Gasteiger partial charge on any atom is -0.454 e. The molecule has 0 aromatic heterocycles. The number of hydrogen-bond donors (Lipinski definition) is 0. The second kappa shape index (κ2) is 9.49. The highest BCUT2D eigenvalue weighted by molar-refractivity contribution is 5.82. The van der Waals surface area contributed by atoms with Crippen LogP contribution in [0.25, 0.3) is 0 Å². The van der Waals surface area contributed by atoms with E-state index >= 15 is 0 Å². The molecule has 2 atom stereocenters. The number of carbonyl (C=O) groups excluding carboxylic acids is 1. The van der Waals surface area contributed by atoms with E-state index in [1.165, 1.54) is 6.42 Å². The zero-order valence-corrected chi connectivity index (χ0v) is 17.8. The molecule has 160 valence electrons. The molecule has 1 amide bonds. The zero-order chi connectivity index (χ0) is 20.9. The third kappa shape index (κ3) is 4.45. The standard InChI is InChI=1S/C24H30N2O4/c1-3-25-13-7-10-20(25)16-26(15-18-11-12-21-22(14-18)30-17-29-21)24(27)23(28-2)19-8-5-4-6-9-19/h4-6,8-9,11-12,14,20,23H,3,7,10,13,15-17H2,1-2H3/t20-,23+/m0/s1. The van der Waals surface area contributed by atoms with E-state index in [9.17, 15) is 4.79 Å². The van der Waals surface area contributed by atoms with Crippen molar-refractivity contribution in [3.8, 4) is 11.5 Å². The van der Waals surface area contributed by atoms with Crippen LogP contribution in [0.5, 0.6) is 11.5 Å². The first-order valence-electron chi connectivity index (χ1n) is 10.7. The Balaban J connectivity index is 1.58. The molecule has 2 aliphatic heterocycles. The molecule has 0 saturated carbocycles. The van der Waals surface area contributed by atoms with Crippen LogP contribution in [0.2, 0.25) is 0 Å². The number of likely N-dealkylation sites (N-methyl/N-ethyl adjacent to an activating group) is 1. The van der Waals surface area contributed by atoms with E-state index in [0.717, 1.165) is 42.1 Å². The number of carbonyl (C=O) groups is 1. The Hall–Kier alpha value is -2.57. The molecule has 0 unspecified atom stereocenters. The maximum atomic E-state index is 13.6. The molecule has 0 spiro atoms. The highest BCUT2D eigenvalue weighted by atomic mass is 16.7. The number of ether oxygens (including phenoxy) is 3. The smallest absolute Gasteiger partial charge is 0.256 e. The fourth-order valence-electron chi connectivity index (χ4n) is 4.44. The number of methoxy groups -OCH3 is 1. The lowest BCUT2D eigenvalue weighted by atomic mass is 10.1. The number of fused-ring (bicyclic) bond motifs is 1. The molecule has 2 aromatic carbocycles. The van der Waals surface area contributed by atoms with Crippen LogP contribution in [-0.4, -0.2) is 55.3 Å². The first-order chi connectivity index (χ1) is 14.7. The Morgan fingerprint density at radius 2 is 2.00 bits per heavy atom. The van der Waals surface area contributed by atoms with Gasteiger partial charge in [-0.2, -0.15) is 0 Å². The van der Waals surface area contributed by atoms with Crippen LogP contribution in [-0.2, 0) is 16.1 Å². The van der Waals surface area contributed by atoms with Crippen LogP contribution in [0.15, 0.2) is 48.5 Å². The van der Waals surface area contributed by atoms with Crippen molar-refractivity contribution < 1.29 is 19.0 Å². The third-order valence-electron chi connectivity index (χ3n) is 6.02. The fraction of sp³-hybridized carbons (Fsp3) is 0.458. The van der Waals surface area contributed by atoms with Gasteiger partial charge in [-0.15, -0.1) is 0 Å². The highest BCUT2D eigenvalue weighted by Gasteiger charge is 2.31. The quantitative estimate of drug-likeness (QED) is 0.665. The van der Waals surface area contributed by atoms with E-state index in [1.807, 2.05) is 53.4 Å². The average Bonchev–Trinajstić information content (AvgIpc) is 3.43. The molecule has 0 bridgehead atoms. The molecule has 1 saturated heterocycles. The second-order valence-electron chi connectivity index (χ2n) is 7.86. The van der Waals surface area contributed by atoms with E-state index in [0.29, 0.717) is 19.1 Å². The summed E-state index contributed by atoms with van der Waals surface area (Å²) in [5.74, 6) is 1.48. The number of amides is 1. The largest absolute Gasteiger partial charge is 0.454 e. The van der Waals surface area contributed by atoms with Crippen molar-refractivity contribution >= 4 is 5.91 Å². The Morgan fingerprint density at radius 3 is 2.77 bits per heavy atom. The molecule has 6 heteroatoms. The van der Waals surface area contributed by atoms with Gasteiger partial charge in [0, 0.05) is 26.2 Å². The minimum atomic E-state index is -0.614. The Bertz CT molecular complexity index is 858. The molecule has 0 aliphatic carbocycles. The van der Waals surface area contributed by atoms with Gasteiger partial charge in [-0.25, -0.2) is 0 Å². The van der Waals surface area contributed by atoms with Gasteiger partial charge in [0.05, 0.1) is 0 Å². The predicted octanol–water partition coefficient (Wildman–Crippen LogP) is 3.62. The maximum Gasteiger partial charge on any atom is 0.256 e. The van der Waals surface area contributed by atoms with Gasteiger partial charge < -0.3 is 19.1 Å². The number of benzene rings is 2. The number of rotatable bonds is 8. The van der Waals surface area contributed by atoms with E-state index in [-0.39, 0.29) is 12.7 Å². The van der Waals surface area contributed by atoms with Crippen LogP contribution < -0.4 is 9.47 Å². The van der Waals surface area contributed by atoms with Crippen molar-refractivity contribution in [2.24, 2.45) is 0 Å². The summed E-state index contributed by atoms with van der Waals surface area (Å²) in [6, 6.07) is 16.0. The van der Waals surface area contributed by atoms with Gasteiger partial charge in [0.1, 0.15) is 0 Å². The van der Waals surface area contributed by atoms with Crippen molar-refractivity contribution in [2.45, 2.75) is 38.5 Å². The van der Waals surface area contributed by atoms with Crippen molar-refractivity contribution in [2.75, 3.05) is 33.5 Å². The Labute approximate surface area is 178 Å². The summed E-state index contributed by atoms with van der Waals surface area (Å²) in [4.78, 5) is 18.0. The highest BCUT2D eigenvalue weighted by Crippen LogP contribution is 2.33. The van der Waals surface area contributed by atoms with Crippen LogP contribution in [0, 0.1) is 0 Å². The predicted molar refractivity (Wildman–Crippen MR) is 114 cm³/mol. The van der Waals surface area contributed by atoms with Gasteiger partial charge in [-0.3, -0.25) is 9.69 Å². The lowest BCUT2D eigenvalue weighted by molar-refractivity contribution is -0.143. The second-order valence-corrected chi connectivity index (χ2v) is 7.86. The Kier molecular flexibility index (Phi) is 6.55. The van der Waals surface area contributed by atoms with Crippen LogP contribution in [0.1, 0.15) is 37.0 Å². The first-order valence-corrected chi connectivity index (χ1v) is 10.7. The fourth-order valence-corrected chi connectivity index (χ4v) is 4.44. The number of likely N-dealkylation sites (tertiary alicyclic amines) is 1. The lowest BCUT2D eigenvalue weighted by Gasteiger charge is -2.32. The van der Waals surface area contributed by atoms with Crippen LogP contribution in [0.3, 0.4) is 0 Å². The molecule has 1 fully saturated rings. The summed E-state index contributed by atoms with van der Waals surface area (Å²) in [5.41, 5.74) is 1.90. The molecule has 2 aliphatic rings. The van der Waals surface area contributed by atoms with Crippen LogP contribution >= 0.6 is 0 Å². The molecular weight excluding hydrogens is 380 g/mol. The third-order valence-corrected chi connectivity index (χ3v) is 6.02. The summed E-state index contributed by atoms with van der Waals surface area (Å²) < 4.78 is 16.6. The van der Waals surface area contributed by atoms with Crippen molar-refractivity contribution in [1.82, 2.24) is 9.80 Å². The van der Waals surface area contributed by atoms with Gasteiger partial charge in [-0.1, -0.05) is 43.3 Å².